The number of aliphatic carboxylic acids is 1. The number of aliphatic hydroxyl groups excluding tert-OH is 3. The topological polar surface area (TPSA) is 116 Å². The lowest BCUT2D eigenvalue weighted by Crippen LogP contribution is -2.61. The SMILES string of the molecule is Cc1ccccc1O[C@H]1OC(C(=O)O)[C@H](O)[C@@H](O)[C@H]1O. The van der Waals surface area contributed by atoms with Gasteiger partial charge in [-0.15, -0.1) is 0 Å². The zero-order valence-corrected chi connectivity index (χ0v) is 10.7. The molecule has 0 bridgehead atoms. The van der Waals surface area contributed by atoms with Crippen LogP contribution >= 0.6 is 0 Å². The third kappa shape index (κ3) is 2.75. The zero-order chi connectivity index (χ0) is 14.9. The fraction of sp³-hybridized carbons (Fsp3) is 0.462. The summed E-state index contributed by atoms with van der Waals surface area (Å²) in [5.74, 6) is -1.05. The predicted octanol–water partition coefficient (Wildman–Crippen LogP) is -0.734. The molecule has 7 heteroatoms. The number of carboxylic acids is 1. The molecule has 0 aromatic heterocycles. The second-order valence-corrected chi connectivity index (χ2v) is 4.62. The number of hydrogen-bond acceptors (Lipinski definition) is 6. The molecule has 20 heavy (non-hydrogen) atoms. The molecule has 2 rings (SSSR count). The van der Waals surface area contributed by atoms with Crippen LogP contribution < -0.4 is 4.74 Å². The quantitative estimate of drug-likeness (QED) is 0.578. The largest absolute Gasteiger partial charge is 0.479 e. The predicted molar refractivity (Wildman–Crippen MR) is 66.1 cm³/mol. The highest BCUT2D eigenvalue weighted by Gasteiger charge is 2.48. The van der Waals surface area contributed by atoms with Gasteiger partial charge in [0.05, 0.1) is 0 Å². The first-order valence-electron chi connectivity index (χ1n) is 6.06. The fourth-order valence-electron chi connectivity index (χ4n) is 1.96. The molecule has 0 amide bonds. The number of aliphatic hydroxyl groups is 3. The molecule has 0 saturated carbocycles. The second kappa shape index (κ2) is 5.76. The van der Waals surface area contributed by atoms with Crippen molar-refractivity contribution in [2.75, 3.05) is 0 Å². The van der Waals surface area contributed by atoms with Gasteiger partial charge in [0.25, 0.3) is 0 Å². The highest BCUT2D eigenvalue weighted by Crippen LogP contribution is 2.26. The highest BCUT2D eigenvalue weighted by atomic mass is 16.7. The Morgan fingerprint density at radius 1 is 1.15 bits per heavy atom. The monoisotopic (exact) mass is 284 g/mol. The zero-order valence-electron chi connectivity index (χ0n) is 10.7. The fourth-order valence-corrected chi connectivity index (χ4v) is 1.96. The molecule has 0 radical (unpaired) electrons. The molecule has 5 atom stereocenters. The third-order valence-corrected chi connectivity index (χ3v) is 3.15. The highest BCUT2D eigenvalue weighted by molar-refractivity contribution is 5.73. The molecule has 7 nitrogen and oxygen atoms in total. The normalized spacial score (nSPS) is 33.7. The van der Waals surface area contributed by atoms with Crippen molar-refractivity contribution in [3.05, 3.63) is 29.8 Å². The summed E-state index contributed by atoms with van der Waals surface area (Å²) in [5.41, 5.74) is 0.760. The number of benzene rings is 1. The Morgan fingerprint density at radius 2 is 1.80 bits per heavy atom. The molecule has 0 spiro atoms. The number of aryl methyl sites for hydroxylation is 1. The summed E-state index contributed by atoms with van der Waals surface area (Å²) in [4.78, 5) is 10.9. The minimum atomic E-state index is -1.72. The average Bonchev–Trinajstić information content (AvgIpc) is 2.41. The van der Waals surface area contributed by atoms with Crippen LogP contribution in [0.2, 0.25) is 0 Å². The molecule has 1 unspecified atom stereocenters. The molecule has 1 aliphatic heterocycles. The van der Waals surface area contributed by atoms with Crippen molar-refractivity contribution in [3.8, 4) is 5.75 Å². The number of hydrogen-bond donors (Lipinski definition) is 4. The van der Waals surface area contributed by atoms with Crippen LogP contribution in [0.4, 0.5) is 0 Å². The van der Waals surface area contributed by atoms with Crippen molar-refractivity contribution in [3.63, 3.8) is 0 Å². The van der Waals surface area contributed by atoms with Gasteiger partial charge in [0.2, 0.25) is 6.29 Å². The minimum Gasteiger partial charge on any atom is -0.479 e. The standard InChI is InChI=1S/C13H16O7/c1-6-4-2-3-5-7(6)19-13-10(16)8(14)9(15)11(20-13)12(17)18/h2-5,8-11,13-16H,1H3,(H,17,18)/t8-,9-,10-,11?,13+/m1/s1. The van der Waals surface area contributed by atoms with Crippen LogP contribution in [0.15, 0.2) is 24.3 Å². The molecule has 4 N–H and O–H groups in total. The van der Waals surface area contributed by atoms with Gasteiger partial charge in [0, 0.05) is 0 Å². The van der Waals surface area contributed by atoms with Crippen LogP contribution in [0.25, 0.3) is 0 Å². The van der Waals surface area contributed by atoms with Gasteiger partial charge in [-0.1, -0.05) is 18.2 Å². The van der Waals surface area contributed by atoms with E-state index in [0.29, 0.717) is 5.75 Å². The van der Waals surface area contributed by atoms with Crippen molar-refractivity contribution in [2.24, 2.45) is 0 Å². The first-order chi connectivity index (χ1) is 9.41. The third-order valence-electron chi connectivity index (χ3n) is 3.15. The van der Waals surface area contributed by atoms with Crippen LogP contribution in [0.5, 0.6) is 5.75 Å². The Balaban J connectivity index is 2.18. The number of ether oxygens (including phenoxy) is 2. The maximum Gasteiger partial charge on any atom is 0.335 e. The maximum absolute atomic E-state index is 10.9. The number of carboxylic acid groups (broad SMARTS) is 1. The van der Waals surface area contributed by atoms with Crippen molar-refractivity contribution >= 4 is 5.97 Å². The van der Waals surface area contributed by atoms with Crippen LogP contribution in [-0.2, 0) is 9.53 Å². The van der Waals surface area contributed by atoms with Gasteiger partial charge in [-0.25, -0.2) is 4.79 Å². The maximum atomic E-state index is 10.9. The number of carbonyl (C=O) groups is 1. The molecule has 1 saturated heterocycles. The summed E-state index contributed by atoms with van der Waals surface area (Å²) in [7, 11) is 0. The van der Waals surface area contributed by atoms with E-state index in [0.717, 1.165) is 5.56 Å². The molecule has 110 valence electrons. The Labute approximate surface area is 115 Å². The van der Waals surface area contributed by atoms with Crippen molar-refractivity contribution in [1.82, 2.24) is 0 Å². The minimum absolute atomic E-state index is 0.393. The molecular weight excluding hydrogens is 268 g/mol. The summed E-state index contributed by atoms with van der Waals surface area (Å²) in [6.07, 6.45) is -7.99. The molecule has 1 aromatic carbocycles. The first-order valence-corrected chi connectivity index (χ1v) is 6.06. The summed E-state index contributed by atoms with van der Waals surface area (Å²) in [6.45, 7) is 1.77. The van der Waals surface area contributed by atoms with Gasteiger partial charge in [0.1, 0.15) is 24.1 Å². The van der Waals surface area contributed by atoms with E-state index < -0.39 is 36.7 Å². The van der Waals surface area contributed by atoms with E-state index in [2.05, 4.69) is 0 Å². The molecule has 1 fully saturated rings. The lowest BCUT2D eigenvalue weighted by molar-refractivity contribution is -0.271. The van der Waals surface area contributed by atoms with Crippen LogP contribution in [0.1, 0.15) is 5.56 Å². The second-order valence-electron chi connectivity index (χ2n) is 4.62. The van der Waals surface area contributed by atoms with Gasteiger partial charge in [-0.3, -0.25) is 0 Å². The molecule has 1 aliphatic rings. The Bertz CT molecular complexity index is 489. The number of para-hydroxylation sites is 1. The van der Waals surface area contributed by atoms with Gasteiger partial charge in [0.15, 0.2) is 6.10 Å². The van der Waals surface area contributed by atoms with E-state index in [1.807, 2.05) is 0 Å². The Kier molecular flexibility index (Phi) is 4.24. The Morgan fingerprint density at radius 3 is 2.40 bits per heavy atom. The lowest BCUT2D eigenvalue weighted by atomic mass is 9.99. The lowest BCUT2D eigenvalue weighted by Gasteiger charge is -2.38. The van der Waals surface area contributed by atoms with Crippen LogP contribution in [-0.4, -0.2) is 57.1 Å². The van der Waals surface area contributed by atoms with Crippen molar-refractivity contribution < 1.29 is 34.7 Å². The molecule has 1 heterocycles. The summed E-state index contributed by atoms with van der Waals surface area (Å²) < 4.78 is 10.4. The van der Waals surface area contributed by atoms with Crippen LogP contribution in [0.3, 0.4) is 0 Å². The van der Waals surface area contributed by atoms with E-state index >= 15 is 0 Å². The van der Waals surface area contributed by atoms with Gasteiger partial charge in [-0.05, 0) is 18.6 Å². The number of rotatable bonds is 3. The smallest absolute Gasteiger partial charge is 0.335 e. The van der Waals surface area contributed by atoms with E-state index in [1.54, 1.807) is 31.2 Å². The summed E-state index contributed by atoms with van der Waals surface area (Å²) in [6, 6.07) is 6.89. The van der Waals surface area contributed by atoms with E-state index in [-0.39, 0.29) is 0 Å². The van der Waals surface area contributed by atoms with Crippen LogP contribution in [0, 0.1) is 6.92 Å². The summed E-state index contributed by atoms with van der Waals surface area (Å²) >= 11 is 0. The molecular formula is C13H16O7. The summed E-state index contributed by atoms with van der Waals surface area (Å²) in [5, 5.41) is 37.9. The van der Waals surface area contributed by atoms with Gasteiger partial charge < -0.3 is 29.9 Å². The Hall–Kier alpha value is -1.67. The van der Waals surface area contributed by atoms with Crippen molar-refractivity contribution in [1.29, 1.82) is 0 Å². The van der Waals surface area contributed by atoms with E-state index in [9.17, 15) is 20.1 Å². The first kappa shape index (κ1) is 14.7. The van der Waals surface area contributed by atoms with Gasteiger partial charge >= 0.3 is 5.97 Å². The van der Waals surface area contributed by atoms with Crippen molar-refractivity contribution in [2.45, 2.75) is 37.6 Å². The van der Waals surface area contributed by atoms with Gasteiger partial charge in [-0.2, -0.15) is 0 Å². The van der Waals surface area contributed by atoms with E-state index in [4.69, 9.17) is 14.6 Å². The molecule has 1 aromatic rings. The molecule has 0 aliphatic carbocycles. The van der Waals surface area contributed by atoms with E-state index in [1.165, 1.54) is 0 Å². The average molecular weight is 284 g/mol.